The van der Waals surface area contributed by atoms with Crippen molar-refractivity contribution in [1.29, 1.82) is 0 Å². The summed E-state index contributed by atoms with van der Waals surface area (Å²) in [7, 11) is 0. The zero-order valence-electron chi connectivity index (χ0n) is 14.2. The number of benzene rings is 2. The third-order valence-corrected chi connectivity index (χ3v) is 3.67. The van der Waals surface area contributed by atoms with Crippen LogP contribution < -0.4 is 10.6 Å². The van der Waals surface area contributed by atoms with E-state index in [2.05, 4.69) is 10.6 Å². The summed E-state index contributed by atoms with van der Waals surface area (Å²) in [6.45, 7) is 3.22. The summed E-state index contributed by atoms with van der Waals surface area (Å²) >= 11 is 0. The van der Waals surface area contributed by atoms with E-state index in [1.165, 1.54) is 0 Å². The van der Waals surface area contributed by atoms with E-state index in [0.29, 0.717) is 11.3 Å². The summed E-state index contributed by atoms with van der Waals surface area (Å²) < 4.78 is 4.89. The van der Waals surface area contributed by atoms with Gasteiger partial charge in [-0.15, -0.1) is 0 Å². The average molecular weight is 340 g/mol. The number of ether oxygens (including phenoxy) is 1. The van der Waals surface area contributed by atoms with Crippen molar-refractivity contribution in [1.82, 2.24) is 5.32 Å². The number of carbonyl (C=O) groups excluding carboxylic acids is 3. The zero-order chi connectivity index (χ0) is 18.2. The molecule has 0 saturated heterocycles. The van der Waals surface area contributed by atoms with Crippen LogP contribution in [0.4, 0.5) is 5.69 Å². The van der Waals surface area contributed by atoms with Crippen LogP contribution in [-0.2, 0) is 14.3 Å². The number of hydrogen-bond donors (Lipinski definition) is 2. The molecule has 0 aliphatic rings. The van der Waals surface area contributed by atoms with Gasteiger partial charge >= 0.3 is 5.97 Å². The molecule has 25 heavy (non-hydrogen) atoms. The van der Waals surface area contributed by atoms with Crippen LogP contribution in [0.5, 0.6) is 0 Å². The lowest BCUT2D eigenvalue weighted by molar-refractivity contribution is -0.126. The summed E-state index contributed by atoms with van der Waals surface area (Å²) in [6, 6.07) is 14.0. The molecule has 2 aromatic carbocycles. The van der Waals surface area contributed by atoms with Gasteiger partial charge in [0.15, 0.2) is 6.61 Å². The van der Waals surface area contributed by atoms with Crippen LogP contribution in [0.2, 0.25) is 0 Å². The van der Waals surface area contributed by atoms with Crippen molar-refractivity contribution in [3.8, 4) is 0 Å². The van der Waals surface area contributed by atoms with E-state index in [1.54, 1.807) is 36.4 Å². The molecule has 2 rings (SSSR count). The number of aryl methyl sites for hydroxylation is 1. The highest BCUT2D eigenvalue weighted by Crippen LogP contribution is 2.17. The summed E-state index contributed by atoms with van der Waals surface area (Å²) in [5, 5.41) is 5.15. The molecule has 0 radical (unpaired) electrons. The Balaban J connectivity index is 1.75. The number of carbonyl (C=O) groups is 3. The summed E-state index contributed by atoms with van der Waals surface area (Å²) in [4.78, 5) is 35.3. The molecule has 6 nitrogen and oxygen atoms in total. The van der Waals surface area contributed by atoms with Crippen molar-refractivity contribution in [2.75, 3.05) is 18.5 Å². The highest BCUT2D eigenvalue weighted by atomic mass is 16.5. The van der Waals surface area contributed by atoms with Crippen molar-refractivity contribution < 1.29 is 19.1 Å². The Morgan fingerprint density at radius 3 is 2.36 bits per heavy atom. The molecule has 2 aromatic rings. The standard InChI is InChI=1S/C19H20N2O4/c1-13-7-6-10-16(14(13)2)21-17(22)11-20-18(23)12-25-19(24)15-8-4-3-5-9-15/h3-10H,11-12H2,1-2H3,(H,20,23)(H,21,22). The van der Waals surface area contributed by atoms with Gasteiger partial charge in [0.25, 0.3) is 5.91 Å². The average Bonchev–Trinajstić information content (AvgIpc) is 2.62. The largest absolute Gasteiger partial charge is 0.452 e. The van der Waals surface area contributed by atoms with E-state index >= 15 is 0 Å². The Morgan fingerprint density at radius 2 is 1.64 bits per heavy atom. The van der Waals surface area contributed by atoms with Gasteiger partial charge in [-0.25, -0.2) is 4.79 Å². The van der Waals surface area contributed by atoms with E-state index in [0.717, 1.165) is 11.1 Å². The van der Waals surface area contributed by atoms with E-state index in [-0.39, 0.29) is 12.5 Å². The number of anilines is 1. The topological polar surface area (TPSA) is 84.5 Å². The molecule has 130 valence electrons. The predicted octanol–water partition coefficient (Wildman–Crippen LogP) is 2.22. The number of rotatable bonds is 6. The summed E-state index contributed by atoms with van der Waals surface area (Å²) in [5.74, 6) is -1.48. The Kier molecular flexibility index (Phi) is 6.28. The summed E-state index contributed by atoms with van der Waals surface area (Å²) in [6.07, 6.45) is 0. The van der Waals surface area contributed by atoms with Gasteiger partial charge in [-0.3, -0.25) is 9.59 Å². The molecule has 0 saturated carbocycles. The van der Waals surface area contributed by atoms with Gasteiger partial charge < -0.3 is 15.4 Å². The van der Waals surface area contributed by atoms with Crippen LogP contribution in [0.1, 0.15) is 21.5 Å². The normalized spacial score (nSPS) is 10.0. The monoisotopic (exact) mass is 340 g/mol. The lowest BCUT2D eigenvalue weighted by Gasteiger charge is -2.11. The first-order valence-electron chi connectivity index (χ1n) is 7.82. The van der Waals surface area contributed by atoms with Crippen LogP contribution >= 0.6 is 0 Å². The summed E-state index contributed by atoms with van der Waals surface area (Å²) in [5.41, 5.74) is 3.10. The van der Waals surface area contributed by atoms with E-state index in [9.17, 15) is 14.4 Å². The molecule has 0 aliphatic carbocycles. The fourth-order valence-electron chi connectivity index (χ4n) is 2.10. The molecular weight excluding hydrogens is 320 g/mol. The lowest BCUT2D eigenvalue weighted by Crippen LogP contribution is -2.35. The van der Waals surface area contributed by atoms with E-state index in [1.807, 2.05) is 26.0 Å². The maximum atomic E-state index is 11.9. The van der Waals surface area contributed by atoms with Crippen molar-refractivity contribution in [2.45, 2.75) is 13.8 Å². The Bertz CT molecular complexity index is 772. The molecule has 2 amide bonds. The quantitative estimate of drug-likeness (QED) is 0.790. The fourth-order valence-corrected chi connectivity index (χ4v) is 2.10. The lowest BCUT2D eigenvalue weighted by atomic mass is 10.1. The van der Waals surface area contributed by atoms with Gasteiger partial charge in [-0.05, 0) is 43.2 Å². The fraction of sp³-hybridized carbons (Fsp3) is 0.211. The molecule has 0 unspecified atom stereocenters. The van der Waals surface area contributed by atoms with Crippen LogP contribution in [0.3, 0.4) is 0 Å². The van der Waals surface area contributed by atoms with Crippen molar-refractivity contribution in [2.24, 2.45) is 0 Å². The van der Waals surface area contributed by atoms with Crippen LogP contribution in [0.25, 0.3) is 0 Å². The maximum absolute atomic E-state index is 11.9. The Labute approximate surface area is 146 Å². The molecule has 0 bridgehead atoms. The molecule has 0 spiro atoms. The van der Waals surface area contributed by atoms with Gasteiger partial charge in [0.1, 0.15) is 0 Å². The zero-order valence-corrected chi connectivity index (χ0v) is 14.2. The van der Waals surface area contributed by atoms with Crippen molar-refractivity contribution in [3.05, 3.63) is 65.2 Å². The first-order valence-corrected chi connectivity index (χ1v) is 7.82. The van der Waals surface area contributed by atoms with Gasteiger partial charge in [0, 0.05) is 5.69 Å². The van der Waals surface area contributed by atoms with E-state index in [4.69, 9.17) is 4.74 Å². The Hall–Kier alpha value is -3.15. The molecule has 6 heteroatoms. The minimum absolute atomic E-state index is 0.199. The van der Waals surface area contributed by atoms with Gasteiger partial charge in [0.2, 0.25) is 5.91 Å². The van der Waals surface area contributed by atoms with Gasteiger partial charge in [0.05, 0.1) is 12.1 Å². The van der Waals surface area contributed by atoms with Crippen molar-refractivity contribution in [3.63, 3.8) is 0 Å². The minimum atomic E-state index is -0.587. The Morgan fingerprint density at radius 1 is 0.920 bits per heavy atom. The second-order valence-corrected chi connectivity index (χ2v) is 5.51. The molecule has 0 aliphatic heterocycles. The van der Waals surface area contributed by atoms with Gasteiger partial charge in [-0.1, -0.05) is 30.3 Å². The number of amides is 2. The molecule has 2 N–H and O–H groups in total. The smallest absolute Gasteiger partial charge is 0.338 e. The van der Waals surface area contributed by atoms with Crippen molar-refractivity contribution >= 4 is 23.5 Å². The molecule has 0 heterocycles. The third-order valence-electron chi connectivity index (χ3n) is 3.67. The minimum Gasteiger partial charge on any atom is -0.452 e. The number of nitrogens with one attached hydrogen (secondary N) is 2. The number of esters is 1. The van der Waals surface area contributed by atoms with Crippen LogP contribution in [0.15, 0.2) is 48.5 Å². The highest BCUT2D eigenvalue weighted by Gasteiger charge is 2.11. The highest BCUT2D eigenvalue weighted by molar-refractivity contribution is 5.96. The SMILES string of the molecule is Cc1cccc(NC(=O)CNC(=O)COC(=O)c2ccccc2)c1C. The first-order chi connectivity index (χ1) is 12.0. The molecule has 0 atom stereocenters. The second kappa shape index (κ2) is 8.63. The second-order valence-electron chi connectivity index (χ2n) is 5.51. The maximum Gasteiger partial charge on any atom is 0.338 e. The van der Waals surface area contributed by atoms with Gasteiger partial charge in [-0.2, -0.15) is 0 Å². The third kappa shape index (κ3) is 5.46. The molecule has 0 aromatic heterocycles. The number of hydrogen-bond acceptors (Lipinski definition) is 4. The van der Waals surface area contributed by atoms with Crippen LogP contribution in [0, 0.1) is 13.8 Å². The first kappa shape index (κ1) is 18.2. The van der Waals surface area contributed by atoms with E-state index < -0.39 is 18.5 Å². The van der Waals surface area contributed by atoms with Crippen LogP contribution in [-0.4, -0.2) is 30.9 Å². The predicted molar refractivity (Wildman–Crippen MR) is 94.3 cm³/mol. The molecular formula is C19H20N2O4. The molecule has 0 fully saturated rings.